The Hall–Kier alpha value is -2.89. The Morgan fingerprint density at radius 3 is 2.24 bits per heavy atom. The van der Waals surface area contributed by atoms with E-state index in [-0.39, 0.29) is 11.3 Å². The summed E-state index contributed by atoms with van der Waals surface area (Å²) >= 11 is 0. The molecule has 5 nitrogen and oxygen atoms in total. The number of ether oxygens (including phenoxy) is 1. The van der Waals surface area contributed by atoms with Gasteiger partial charge in [-0.05, 0) is 23.8 Å². The normalized spacial score (nSPS) is 10.2. The van der Waals surface area contributed by atoms with Crippen LogP contribution < -0.4 is 4.74 Å². The minimum atomic E-state index is -1.37. The molecule has 0 saturated carbocycles. The van der Waals surface area contributed by atoms with E-state index in [0.29, 0.717) is 11.1 Å². The summed E-state index contributed by atoms with van der Waals surface area (Å²) in [5, 5.41) is 17.9. The number of aromatic carboxylic acids is 2. The van der Waals surface area contributed by atoms with Crippen molar-refractivity contribution in [1.29, 1.82) is 0 Å². The van der Waals surface area contributed by atoms with Crippen LogP contribution in [0, 0.1) is 5.82 Å². The summed E-state index contributed by atoms with van der Waals surface area (Å²) in [5.74, 6) is -3.35. The van der Waals surface area contributed by atoms with Gasteiger partial charge in [0.1, 0.15) is 17.1 Å². The predicted octanol–water partition coefficient (Wildman–Crippen LogP) is 2.90. The molecule has 0 bridgehead atoms. The van der Waals surface area contributed by atoms with Crippen molar-refractivity contribution in [3.8, 4) is 16.9 Å². The Morgan fingerprint density at radius 2 is 1.71 bits per heavy atom. The van der Waals surface area contributed by atoms with Gasteiger partial charge in [0.2, 0.25) is 0 Å². The number of para-hydroxylation sites is 1. The molecule has 2 rings (SSSR count). The summed E-state index contributed by atoms with van der Waals surface area (Å²) in [6.07, 6.45) is 0. The van der Waals surface area contributed by atoms with Crippen LogP contribution in [0.25, 0.3) is 11.1 Å². The van der Waals surface area contributed by atoms with Gasteiger partial charge >= 0.3 is 11.9 Å². The number of carbonyl (C=O) groups is 2. The van der Waals surface area contributed by atoms with Crippen LogP contribution in [0.15, 0.2) is 36.4 Å². The molecule has 2 aromatic carbocycles. The molecule has 2 aromatic rings. The molecule has 0 fully saturated rings. The molecule has 0 aliphatic carbocycles. The first-order valence-electron chi connectivity index (χ1n) is 5.89. The molecule has 0 atom stereocenters. The number of hydrogen-bond donors (Lipinski definition) is 2. The summed E-state index contributed by atoms with van der Waals surface area (Å²) < 4.78 is 18.8. The van der Waals surface area contributed by atoms with E-state index in [1.165, 1.54) is 25.3 Å². The Labute approximate surface area is 119 Å². The van der Waals surface area contributed by atoms with Crippen LogP contribution in [0.2, 0.25) is 0 Å². The fourth-order valence-electron chi connectivity index (χ4n) is 2.01. The number of carboxylic acid groups (broad SMARTS) is 2. The highest BCUT2D eigenvalue weighted by atomic mass is 19.1. The van der Waals surface area contributed by atoms with Gasteiger partial charge in [0, 0.05) is 5.56 Å². The lowest BCUT2D eigenvalue weighted by Gasteiger charge is -2.12. The van der Waals surface area contributed by atoms with E-state index in [0.717, 1.165) is 12.1 Å². The van der Waals surface area contributed by atoms with Crippen LogP contribution in [-0.2, 0) is 0 Å². The van der Waals surface area contributed by atoms with Crippen molar-refractivity contribution < 1.29 is 28.9 Å². The van der Waals surface area contributed by atoms with Crippen LogP contribution in [-0.4, -0.2) is 29.3 Å². The van der Waals surface area contributed by atoms with Crippen LogP contribution in [0.5, 0.6) is 5.75 Å². The monoisotopic (exact) mass is 290 g/mol. The van der Waals surface area contributed by atoms with Gasteiger partial charge < -0.3 is 14.9 Å². The molecule has 0 aliphatic heterocycles. The molecule has 6 heteroatoms. The van der Waals surface area contributed by atoms with Crippen LogP contribution in [0.1, 0.15) is 20.7 Å². The summed E-state index contributed by atoms with van der Waals surface area (Å²) in [7, 11) is 1.31. The lowest BCUT2D eigenvalue weighted by molar-refractivity contribution is 0.0681. The van der Waals surface area contributed by atoms with Gasteiger partial charge in [-0.3, -0.25) is 0 Å². The highest BCUT2D eigenvalue weighted by molar-refractivity contribution is 5.95. The van der Waals surface area contributed by atoms with Crippen molar-refractivity contribution in [3.05, 3.63) is 53.3 Å². The highest BCUT2D eigenvalue weighted by Gasteiger charge is 2.17. The van der Waals surface area contributed by atoms with Gasteiger partial charge in [-0.2, -0.15) is 0 Å². The predicted molar refractivity (Wildman–Crippen MR) is 72.3 cm³/mol. The molecule has 0 amide bonds. The first-order chi connectivity index (χ1) is 9.95. The van der Waals surface area contributed by atoms with Crippen molar-refractivity contribution in [2.75, 3.05) is 7.11 Å². The average Bonchev–Trinajstić information content (AvgIpc) is 2.45. The molecule has 0 saturated heterocycles. The Bertz CT molecular complexity index is 724. The fraction of sp³-hybridized carbons (Fsp3) is 0.0667. The van der Waals surface area contributed by atoms with E-state index >= 15 is 0 Å². The van der Waals surface area contributed by atoms with Crippen molar-refractivity contribution in [2.45, 2.75) is 0 Å². The van der Waals surface area contributed by atoms with Crippen molar-refractivity contribution in [2.24, 2.45) is 0 Å². The Balaban J connectivity index is 2.62. The summed E-state index contributed by atoms with van der Waals surface area (Å²) in [5.41, 5.74) is 0.190. The maximum atomic E-state index is 13.7. The lowest BCUT2D eigenvalue weighted by Crippen LogP contribution is -2.03. The van der Waals surface area contributed by atoms with Gasteiger partial charge in [-0.15, -0.1) is 0 Å². The minimum Gasteiger partial charge on any atom is -0.495 e. The van der Waals surface area contributed by atoms with Crippen molar-refractivity contribution in [3.63, 3.8) is 0 Å². The quantitative estimate of drug-likeness (QED) is 0.904. The lowest BCUT2D eigenvalue weighted by atomic mass is 9.99. The summed E-state index contributed by atoms with van der Waals surface area (Å²) in [4.78, 5) is 21.9. The molecule has 0 heterocycles. The zero-order valence-electron chi connectivity index (χ0n) is 11.0. The molecule has 0 spiro atoms. The molecule has 0 aromatic heterocycles. The minimum absolute atomic E-state index is 0.0577. The second-order valence-electron chi connectivity index (χ2n) is 4.19. The molecule has 0 radical (unpaired) electrons. The number of halogens is 1. The van der Waals surface area contributed by atoms with Gasteiger partial charge in [0.05, 0.1) is 12.7 Å². The Morgan fingerprint density at radius 1 is 1.05 bits per heavy atom. The topological polar surface area (TPSA) is 83.8 Å². The van der Waals surface area contributed by atoms with E-state index in [1.54, 1.807) is 6.07 Å². The fourth-order valence-corrected chi connectivity index (χ4v) is 2.01. The van der Waals surface area contributed by atoms with Crippen LogP contribution >= 0.6 is 0 Å². The Kier molecular flexibility index (Phi) is 3.89. The highest BCUT2D eigenvalue weighted by Crippen LogP contribution is 2.33. The van der Waals surface area contributed by atoms with Gasteiger partial charge in [0.15, 0.2) is 0 Å². The molecular formula is C15H11FO5. The van der Waals surface area contributed by atoms with E-state index in [2.05, 4.69) is 0 Å². The maximum Gasteiger partial charge on any atom is 0.339 e. The number of carboxylic acids is 2. The zero-order chi connectivity index (χ0) is 15.6. The number of rotatable bonds is 4. The zero-order valence-corrected chi connectivity index (χ0v) is 11.0. The molecule has 2 N–H and O–H groups in total. The first-order valence-corrected chi connectivity index (χ1v) is 5.89. The number of benzene rings is 2. The third-order valence-corrected chi connectivity index (χ3v) is 2.96. The van der Waals surface area contributed by atoms with E-state index in [9.17, 15) is 14.0 Å². The summed E-state index contributed by atoms with van der Waals surface area (Å²) in [6, 6.07) is 8.00. The number of methoxy groups -OCH3 is 1. The van der Waals surface area contributed by atoms with Gasteiger partial charge in [0.25, 0.3) is 0 Å². The molecule has 0 unspecified atom stereocenters. The standard InChI is InChI=1S/C15H11FO5/c1-21-13-9(3-2-4-11(13)15(19)20)8-5-6-10(14(17)18)12(16)7-8/h2-7H,1H3,(H,17,18)(H,19,20). The van der Waals surface area contributed by atoms with E-state index in [1.807, 2.05) is 0 Å². The second-order valence-corrected chi connectivity index (χ2v) is 4.19. The summed E-state index contributed by atoms with van der Waals surface area (Å²) in [6.45, 7) is 0. The smallest absolute Gasteiger partial charge is 0.339 e. The molecule has 0 aliphatic rings. The molecular weight excluding hydrogens is 279 g/mol. The number of hydrogen-bond acceptors (Lipinski definition) is 3. The molecule has 21 heavy (non-hydrogen) atoms. The van der Waals surface area contributed by atoms with Gasteiger partial charge in [-0.25, -0.2) is 14.0 Å². The second kappa shape index (κ2) is 5.62. The SMILES string of the molecule is COc1c(C(=O)O)cccc1-c1ccc(C(=O)O)c(F)c1. The largest absolute Gasteiger partial charge is 0.495 e. The van der Waals surface area contributed by atoms with Crippen molar-refractivity contribution >= 4 is 11.9 Å². The molecule has 108 valence electrons. The first kappa shape index (κ1) is 14.5. The van der Waals surface area contributed by atoms with E-state index in [4.69, 9.17) is 14.9 Å². The van der Waals surface area contributed by atoms with E-state index < -0.39 is 23.3 Å². The third kappa shape index (κ3) is 2.69. The average molecular weight is 290 g/mol. The van der Waals surface area contributed by atoms with Gasteiger partial charge in [-0.1, -0.05) is 18.2 Å². The van der Waals surface area contributed by atoms with Crippen LogP contribution in [0.4, 0.5) is 4.39 Å². The third-order valence-electron chi connectivity index (χ3n) is 2.96. The van der Waals surface area contributed by atoms with Crippen molar-refractivity contribution in [1.82, 2.24) is 0 Å². The van der Waals surface area contributed by atoms with Crippen LogP contribution in [0.3, 0.4) is 0 Å². The maximum absolute atomic E-state index is 13.7.